The molecule has 0 heterocycles. The molecule has 7 nitrogen and oxygen atoms in total. The van der Waals surface area contributed by atoms with E-state index in [-0.39, 0.29) is 13.0 Å². The Bertz CT molecular complexity index is 808. The van der Waals surface area contributed by atoms with Gasteiger partial charge < -0.3 is 9.47 Å². The fourth-order valence-corrected chi connectivity index (χ4v) is 2.14. The van der Waals surface area contributed by atoms with Crippen LogP contribution in [0.1, 0.15) is 22.3 Å². The van der Waals surface area contributed by atoms with Gasteiger partial charge in [-0.15, -0.1) is 0 Å². The van der Waals surface area contributed by atoms with Gasteiger partial charge in [-0.1, -0.05) is 29.8 Å². The summed E-state index contributed by atoms with van der Waals surface area (Å²) in [4.78, 5) is 35.1. The number of hydrazine groups is 1. The quantitative estimate of drug-likeness (QED) is 0.559. The fraction of sp³-hybridized carbons (Fsp3) is 0.211. The smallest absolute Gasteiger partial charge is 0.309 e. The summed E-state index contributed by atoms with van der Waals surface area (Å²) in [6.07, 6.45) is -0.00124. The summed E-state index contributed by atoms with van der Waals surface area (Å²) in [5.74, 6) is -1.07. The molecule has 0 spiro atoms. The monoisotopic (exact) mass is 390 g/mol. The molecule has 2 aromatic carbocycles. The van der Waals surface area contributed by atoms with Gasteiger partial charge in [0.05, 0.1) is 13.0 Å². The number of carbonyl (C=O) groups is 3. The molecule has 0 bridgehead atoms. The highest BCUT2D eigenvalue weighted by atomic mass is 35.5. The second kappa shape index (κ2) is 10.2. The van der Waals surface area contributed by atoms with Crippen LogP contribution in [0.2, 0.25) is 5.02 Å². The summed E-state index contributed by atoms with van der Waals surface area (Å²) in [6.45, 7) is 1.53. The molecule has 0 aliphatic heterocycles. The van der Waals surface area contributed by atoms with Gasteiger partial charge in [0.1, 0.15) is 5.75 Å². The summed E-state index contributed by atoms with van der Waals surface area (Å²) in [6, 6.07) is 13.6. The standard InChI is InChI=1S/C19H19ClN2O5/c1-13-4-2-3-5-16(13)26-11-10-18(24)27-12-17(23)21-22-19(25)14-6-8-15(20)9-7-14/h2-9H,10-12H2,1H3,(H,21,23)(H,22,25). The zero-order valence-electron chi connectivity index (χ0n) is 14.7. The lowest BCUT2D eigenvalue weighted by molar-refractivity contribution is -0.149. The van der Waals surface area contributed by atoms with E-state index in [2.05, 4.69) is 10.9 Å². The Hall–Kier alpha value is -3.06. The summed E-state index contributed by atoms with van der Waals surface area (Å²) in [7, 11) is 0. The molecule has 0 unspecified atom stereocenters. The van der Waals surface area contributed by atoms with E-state index in [1.165, 1.54) is 12.1 Å². The average molecular weight is 391 g/mol. The van der Waals surface area contributed by atoms with E-state index in [1.54, 1.807) is 18.2 Å². The van der Waals surface area contributed by atoms with Gasteiger partial charge in [0.25, 0.3) is 11.8 Å². The van der Waals surface area contributed by atoms with Crippen LogP contribution in [0.25, 0.3) is 0 Å². The number of para-hydroxylation sites is 1. The Balaban J connectivity index is 1.63. The molecule has 0 aliphatic carbocycles. The number of amides is 2. The predicted molar refractivity (Wildman–Crippen MR) is 99.3 cm³/mol. The Labute approximate surface area is 161 Å². The minimum absolute atomic E-state index is 0.00124. The van der Waals surface area contributed by atoms with E-state index in [1.807, 2.05) is 25.1 Å². The number of hydrogen-bond acceptors (Lipinski definition) is 5. The van der Waals surface area contributed by atoms with Crippen molar-refractivity contribution in [1.29, 1.82) is 0 Å². The van der Waals surface area contributed by atoms with Crippen molar-refractivity contribution in [3.8, 4) is 5.75 Å². The predicted octanol–water partition coefficient (Wildman–Crippen LogP) is 2.42. The van der Waals surface area contributed by atoms with Crippen LogP contribution >= 0.6 is 11.6 Å². The molecule has 0 saturated heterocycles. The first-order chi connectivity index (χ1) is 13.0. The van der Waals surface area contributed by atoms with Crippen LogP contribution in [-0.2, 0) is 14.3 Å². The first kappa shape index (κ1) is 20.3. The SMILES string of the molecule is Cc1ccccc1OCCC(=O)OCC(=O)NNC(=O)c1ccc(Cl)cc1. The molecule has 0 atom stereocenters. The van der Waals surface area contributed by atoms with Crippen LogP contribution in [0, 0.1) is 6.92 Å². The maximum Gasteiger partial charge on any atom is 0.309 e. The third-order valence-electron chi connectivity index (χ3n) is 3.44. The summed E-state index contributed by atoms with van der Waals surface area (Å²) < 4.78 is 10.3. The molecule has 0 aromatic heterocycles. The van der Waals surface area contributed by atoms with Crippen molar-refractivity contribution in [3.05, 3.63) is 64.7 Å². The highest BCUT2D eigenvalue weighted by molar-refractivity contribution is 6.30. The van der Waals surface area contributed by atoms with Crippen LogP contribution < -0.4 is 15.6 Å². The third-order valence-corrected chi connectivity index (χ3v) is 3.70. The zero-order valence-corrected chi connectivity index (χ0v) is 15.4. The number of nitrogens with one attached hydrogen (secondary N) is 2. The summed E-state index contributed by atoms with van der Waals surface area (Å²) in [5.41, 5.74) is 5.66. The van der Waals surface area contributed by atoms with Crippen molar-refractivity contribution in [3.63, 3.8) is 0 Å². The van der Waals surface area contributed by atoms with E-state index in [4.69, 9.17) is 21.1 Å². The number of hydrogen-bond donors (Lipinski definition) is 2. The number of ether oxygens (including phenoxy) is 2. The molecule has 2 N–H and O–H groups in total. The second-order valence-electron chi connectivity index (χ2n) is 5.53. The van der Waals surface area contributed by atoms with Gasteiger partial charge in [-0.3, -0.25) is 25.2 Å². The zero-order chi connectivity index (χ0) is 19.6. The van der Waals surface area contributed by atoms with Crippen molar-refractivity contribution in [1.82, 2.24) is 10.9 Å². The van der Waals surface area contributed by atoms with Crippen LogP contribution in [-0.4, -0.2) is 31.0 Å². The molecule has 2 aromatic rings. The van der Waals surface area contributed by atoms with Gasteiger partial charge in [-0.2, -0.15) is 0 Å². The lowest BCUT2D eigenvalue weighted by Gasteiger charge is -2.09. The average Bonchev–Trinajstić information content (AvgIpc) is 2.66. The molecule has 0 radical (unpaired) electrons. The lowest BCUT2D eigenvalue weighted by atomic mass is 10.2. The minimum atomic E-state index is -0.662. The number of aryl methyl sites for hydroxylation is 1. The Morgan fingerprint density at radius 2 is 1.70 bits per heavy atom. The molecular formula is C19H19ClN2O5. The first-order valence-corrected chi connectivity index (χ1v) is 8.52. The van der Waals surface area contributed by atoms with Crippen molar-refractivity contribution in [2.45, 2.75) is 13.3 Å². The Morgan fingerprint density at radius 3 is 2.41 bits per heavy atom. The van der Waals surface area contributed by atoms with Crippen molar-refractivity contribution < 1.29 is 23.9 Å². The number of benzene rings is 2. The third kappa shape index (κ3) is 6.99. The molecule has 8 heteroatoms. The molecule has 2 rings (SSSR count). The lowest BCUT2D eigenvalue weighted by Crippen LogP contribution is -2.43. The molecule has 27 heavy (non-hydrogen) atoms. The van der Waals surface area contributed by atoms with Gasteiger partial charge in [0, 0.05) is 10.6 Å². The number of halogens is 1. The molecule has 0 saturated carbocycles. The normalized spacial score (nSPS) is 10.0. The Morgan fingerprint density at radius 1 is 1.00 bits per heavy atom. The second-order valence-corrected chi connectivity index (χ2v) is 5.97. The van der Waals surface area contributed by atoms with Gasteiger partial charge in [-0.05, 0) is 42.8 Å². The van der Waals surface area contributed by atoms with E-state index >= 15 is 0 Å². The van der Waals surface area contributed by atoms with Crippen LogP contribution in [0.5, 0.6) is 5.75 Å². The highest BCUT2D eigenvalue weighted by Gasteiger charge is 2.10. The minimum Gasteiger partial charge on any atom is -0.493 e. The maximum atomic E-state index is 11.8. The topological polar surface area (TPSA) is 93.7 Å². The van der Waals surface area contributed by atoms with Crippen LogP contribution in [0.15, 0.2) is 48.5 Å². The van der Waals surface area contributed by atoms with Gasteiger partial charge in [-0.25, -0.2) is 0 Å². The van der Waals surface area contributed by atoms with Gasteiger partial charge in [0.2, 0.25) is 0 Å². The molecule has 0 aliphatic rings. The van der Waals surface area contributed by atoms with E-state index < -0.39 is 24.4 Å². The summed E-state index contributed by atoms with van der Waals surface area (Å²) in [5, 5.41) is 0.494. The van der Waals surface area contributed by atoms with Crippen molar-refractivity contribution in [2.24, 2.45) is 0 Å². The molecule has 0 fully saturated rings. The van der Waals surface area contributed by atoms with Crippen molar-refractivity contribution in [2.75, 3.05) is 13.2 Å². The molecular weight excluding hydrogens is 372 g/mol. The van der Waals surface area contributed by atoms with Gasteiger partial charge in [0.15, 0.2) is 6.61 Å². The van der Waals surface area contributed by atoms with Crippen LogP contribution in [0.4, 0.5) is 0 Å². The van der Waals surface area contributed by atoms with E-state index in [9.17, 15) is 14.4 Å². The fourth-order valence-electron chi connectivity index (χ4n) is 2.02. The number of esters is 1. The van der Waals surface area contributed by atoms with E-state index in [0.29, 0.717) is 16.3 Å². The largest absolute Gasteiger partial charge is 0.493 e. The first-order valence-electron chi connectivity index (χ1n) is 8.14. The van der Waals surface area contributed by atoms with Crippen LogP contribution in [0.3, 0.4) is 0 Å². The molecule has 142 valence electrons. The van der Waals surface area contributed by atoms with Gasteiger partial charge >= 0.3 is 5.97 Å². The number of rotatable bonds is 7. The summed E-state index contributed by atoms with van der Waals surface area (Å²) >= 11 is 5.73. The van der Waals surface area contributed by atoms with Crippen molar-refractivity contribution >= 4 is 29.4 Å². The molecule has 2 amide bonds. The highest BCUT2D eigenvalue weighted by Crippen LogP contribution is 2.16. The number of carbonyl (C=O) groups excluding carboxylic acids is 3. The van der Waals surface area contributed by atoms with E-state index in [0.717, 1.165) is 5.56 Å². The Kier molecular flexibility index (Phi) is 7.63. The maximum absolute atomic E-state index is 11.8.